The highest BCUT2D eigenvalue weighted by Crippen LogP contribution is 2.47. The molecule has 0 amide bonds. The first-order chi connectivity index (χ1) is 13.2. The van der Waals surface area contributed by atoms with Crippen LogP contribution >= 0.6 is 12.2 Å². The van der Waals surface area contributed by atoms with E-state index in [-0.39, 0.29) is 11.4 Å². The minimum atomic E-state index is -0.453. The van der Waals surface area contributed by atoms with Gasteiger partial charge in [0.2, 0.25) is 0 Å². The van der Waals surface area contributed by atoms with E-state index in [0.717, 1.165) is 17.4 Å². The maximum absolute atomic E-state index is 14.0. The molecule has 0 atom stereocenters. The highest BCUT2D eigenvalue weighted by Gasteiger charge is 2.34. The Kier molecular flexibility index (Phi) is 5.43. The largest absolute Gasteiger partial charge is 0.235 e. The molecule has 0 N–H and O–H groups in total. The highest BCUT2D eigenvalue weighted by molar-refractivity contribution is 7.78. The summed E-state index contributed by atoms with van der Waals surface area (Å²) in [7, 11) is 0. The van der Waals surface area contributed by atoms with Gasteiger partial charge >= 0.3 is 0 Å². The van der Waals surface area contributed by atoms with E-state index in [1.807, 2.05) is 12.1 Å². The first kappa shape index (κ1) is 18.0. The van der Waals surface area contributed by atoms with E-state index < -0.39 is 5.82 Å². The summed E-state index contributed by atoms with van der Waals surface area (Å²) in [4.78, 5) is 7.67. The molecule has 4 heteroatoms. The molecule has 2 aromatic rings. The van der Waals surface area contributed by atoms with Gasteiger partial charge in [-0.15, -0.1) is 0 Å². The second-order valence-electron chi connectivity index (χ2n) is 7.55. The van der Waals surface area contributed by atoms with Crippen molar-refractivity contribution < 1.29 is 4.39 Å². The van der Waals surface area contributed by atoms with Crippen LogP contribution in [-0.4, -0.2) is 10.1 Å². The van der Waals surface area contributed by atoms with Crippen LogP contribution in [0.15, 0.2) is 41.5 Å². The molecule has 2 saturated carbocycles. The van der Waals surface area contributed by atoms with Gasteiger partial charge in [-0.25, -0.2) is 9.37 Å². The second-order valence-corrected chi connectivity index (χ2v) is 7.73. The first-order valence-electron chi connectivity index (χ1n) is 9.58. The van der Waals surface area contributed by atoms with Crippen molar-refractivity contribution in [2.75, 3.05) is 0 Å². The van der Waals surface area contributed by atoms with Gasteiger partial charge in [0.1, 0.15) is 5.82 Å². The average Bonchev–Trinajstić information content (AvgIpc) is 3.54. The molecule has 0 radical (unpaired) electrons. The summed E-state index contributed by atoms with van der Waals surface area (Å²) in [5.74, 6) is 8.31. The van der Waals surface area contributed by atoms with Crippen LogP contribution in [0.5, 0.6) is 0 Å². The minimum Gasteiger partial charge on any atom is -0.235 e. The Morgan fingerprint density at radius 3 is 2.22 bits per heavy atom. The van der Waals surface area contributed by atoms with Crippen LogP contribution in [0.25, 0.3) is 0 Å². The summed E-state index contributed by atoms with van der Waals surface area (Å²) >= 11 is 4.50. The molecule has 2 aliphatic rings. The van der Waals surface area contributed by atoms with Crippen molar-refractivity contribution >= 4 is 23.2 Å². The predicted molar refractivity (Wildman–Crippen MR) is 109 cm³/mol. The molecule has 1 heterocycles. The Bertz CT molecular complexity index is 923. The van der Waals surface area contributed by atoms with E-state index >= 15 is 0 Å². The van der Waals surface area contributed by atoms with Gasteiger partial charge in [-0.2, -0.15) is 4.99 Å². The molecule has 136 valence electrons. The van der Waals surface area contributed by atoms with Gasteiger partial charge in [0.25, 0.3) is 0 Å². The lowest BCUT2D eigenvalue weighted by molar-refractivity contribution is 0.296. The average molecular weight is 377 g/mol. The zero-order valence-corrected chi connectivity index (χ0v) is 15.9. The van der Waals surface area contributed by atoms with Crippen LogP contribution in [0.4, 0.5) is 10.2 Å². The quantitative estimate of drug-likeness (QED) is 0.371. The molecule has 2 aliphatic carbocycles. The number of rotatable bonds is 3. The minimum absolute atomic E-state index is 0.203. The number of benzene rings is 1. The molecule has 4 rings (SSSR count). The van der Waals surface area contributed by atoms with E-state index in [9.17, 15) is 4.39 Å². The SMILES string of the molecule is Fc1cc(N=C=S)ncc1C#Cc1ccc(C2CCC(C3CC3)CC2)cc1. The molecule has 2 nitrogen and oxygen atoms in total. The van der Waals surface area contributed by atoms with Crippen LogP contribution in [0.3, 0.4) is 0 Å². The van der Waals surface area contributed by atoms with Crippen molar-refractivity contribution in [2.24, 2.45) is 16.8 Å². The molecule has 0 saturated heterocycles. The number of aliphatic imine (C=N–C) groups is 1. The zero-order valence-electron chi connectivity index (χ0n) is 15.1. The Balaban J connectivity index is 1.41. The summed E-state index contributed by atoms with van der Waals surface area (Å²) in [5.41, 5.74) is 2.54. The molecule has 27 heavy (non-hydrogen) atoms. The molecular weight excluding hydrogens is 355 g/mol. The molecular formula is C23H21FN2S. The predicted octanol–water partition coefficient (Wildman–Crippen LogP) is 6.04. The van der Waals surface area contributed by atoms with Gasteiger partial charge < -0.3 is 0 Å². The van der Waals surface area contributed by atoms with Crippen LogP contribution in [-0.2, 0) is 0 Å². The number of pyridine rings is 1. The van der Waals surface area contributed by atoms with Gasteiger partial charge in [-0.05, 0) is 86.2 Å². The van der Waals surface area contributed by atoms with Gasteiger partial charge in [0, 0.05) is 17.8 Å². The van der Waals surface area contributed by atoms with Crippen LogP contribution in [0, 0.1) is 29.5 Å². The number of hydrogen-bond donors (Lipinski definition) is 0. The van der Waals surface area contributed by atoms with Gasteiger partial charge in [0.15, 0.2) is 5.82 Å². The number of aromatic nitrogens is 1. The maximum Gasteiger partial charge on any atom is 0.165 e. The van der Waals surface area contributed by atoms with E-state index in [2.05, 4.69) is 51.3 Å². The smallest absolute Gasteiger partial charge is 0.165 e. The number of thiocarbonyl (C=S) groups is 1. The fourth-order valence-corrected chi connectivity index (χ4v) is 4.18. The second kappa shape index (κ2) is 8.13. The summed E-state index contributed by atoms with van der Waals surface area (Å²) < 4.78 is 14.0. The van der Waals surface area contributed by atoms with Crippen molar-refractivity contribution in [3.63, 3.8) is 0 Å². The number of halogens is 1. The third-order valence-corrected chi connectivity index (χ3v) is 5.87. The molecule has 0 aliphatic heterocycles. The first-order valence-corrected chi connectivity index (χ1v) is 9.99. The third kappa shape index (κ3) is 4.50. The standard InChI is InChI=1S/C23H21FN2S/c24-22-13-23(26-15-27)25-14-21(22)6-3-16-1-4-17(5-2-16)18-7-9-19(10-8-18)20-11-12-20/h1-2,4-5,13-14,18-20H,7-12H2. The lowest BCUT2D eigenvalue weighted by Crippen LogP contribution is -2.14. The van der Waals surface area contributed by atoms with Gasteiger partial charge in [-0.1, -0.05) is 24.0 Å². The molecule has 0 bridgehead atoms. The topological polar surface area (TPSA) is 25.2 Å². The fraction of sp³-hybridized carbons (Fsp3) is 0.391. The normalized spacial score (nSPS) is 21.7. The van der Waals surface area contributed by atoms with E-state index in [4.69, 9.17) is 0 Å². The number of isothiocyanates is 1. The Morgan fingerprint density at radius 2 is 1.63 bits per heavy atom. The van der Waals surface area contributed by atoms with Crippen LogP contribution in [0.1, 0.15) is 61.1 Å². The monoisotopic (exact) mass is 376 g/mol. The molecule has 1 aromatic heterocycles. The van der Waals surface area contributed by atoms with Crippen LogP contribution < -0.4 is 0 Å². The Hall–Kier alpha value is -2.34. The molecule has 0 unspecified atom stereocenters. The molecule has 2 fully saturated rings. The molecule has 0 spiro atoms. The van der Waals surface area contributed by atoms with E-state index in [1.165, 1.54) is 56.4 Å². The van der Waals surface area contributed by atoms with Crippen molar-refractivity contribution in [2.45, 2.75) is 44.4 Å². The van der Waals surface area contributed by atoms with Crippen molar-refractivity contribution in [3.05, 3.63) is 59.0 Å². The molecule has 1 aromatic carbocycles. The summed E-state index contributed by atoms with van der Waals surface area (Å²) in [6, 6.07) is 9.64. The summed E-state index contributed by atoms with van der Waals surface area (Å²) in [6.07, 6.45) is 9.67. The summed E-state index contributed by atoms with van der Waals surface area (Å²) in [5, 5.41) is 2.17. The third-order valence-electron chi connectivity index (χ3n) is 5.78. The van der Waals surface area contributed by atoms with Gasteiger partial charge in [0.05, 0.1) is 10.7 Å². The Labute approximate surface area is 164 Å². The van der Waals surface area contributed by atoms with E-state index in [0.29, 0.717) is 5.92 Å². The van der Waals surface area contributed by atoms with Crippen molar-refractivity contribution in [1.82, 2.24) is 4.98 Å². The Morgan fingerprint density at radius 1 is 0.963 bits per heavy atom. The number of hydrogen-bond acceptors (Lipinski definition) is 3. The highest BCUT2D eigenvalue weighted by atomic mass is 32.1. The van der Waals surface area contributed by atoms with Crippen molar-refractivity contribution in [3.8, 4) is 11.8 Å². The van der Waals surface area contributed by atoms with E-state index in [1.54, 1.807) is 0 Å². The zero-order chi connectivity index (χ0) is 18.6. The lowest BCUT2D eigenvalue weighted by Gasteiger charge is -2.28. The summed E-state index contributed by atoms with van der Waals surface area (Å²) in [6.45, 7) is 0. The number of nitrogens with zero attached hydrogens (tertiary/aromatic N) is 2. The fourth-order valence-electron chi connectivity index (χ4n) is 4.09. The lowest BCUT2D eigenvalue weighted by atomic mass is 9.77. The maximum atomic E-state index is 14.0. The van der Waals surface area contributed by atoms with Gasteiger partial charge in [-0.3, -0.25) is 0 Å². The van der Waals surface area contributed by atoms with Crippen LogP contribution in [0.2, 0.25) is 0 Å². The van der Waals surface area contributed by atoms with Crippen molar-refractivity contribution in [1.29, 1.82) is 0 Å².